The molecule has 1 N–H and O–H groups in total. The van der Waals surface area contributed by atoms with Crippen LogP contribution in [0.3, 0.4) is 0 Å². The number of thiophene rings is 1. The minimum atomic E-state index is 0.996. The first-order valence-electron chi connectivity index (χ1n) is 6.84. The Labute approximate surface area is 118 Å². The van der Waals surface area contributed by atoms with Gasteiger partial charge < -0.3 is 15.0 Å². The number of hydrogen-bond acceptors (Lipinski definition) is 4. The molecule has 1 aliphatic rings. The van der Waals surface area contributed by atoms with Crippen LogP contribution in [-0.2, 0) is 6.42 Å². The summed E-state index contributed by atoms with van der Waals surface area (Å²) in [5.41, 5.74) is 1.44. The summed E-state index contributed by atoms with van der Waals surface area (Å²) in [6.45, 7) is 5.73. The Morgan fingerprint density at radius 3 is 2.89 bits per heavy atom. The lowest BCUT2D eigenvalue weighted by Gasteiger charge is -2.27. The second kappa shape index (κ2) is 5.90. The van der Waals surface area contributed by atoms with E-state index in [2.05, 4.69) is 33.8 Å². The minimum absolute atomic E-state index is 0.996. The first-order chi connectivity index (χ1) is 9.38. The molecule has 19 heavy (non-hydrogen) atoms. The lowest BCUT2D eigenvalue weighted by Crippen LogP contribution is -2.44. The lowest BCUT2D eigenvalue weighted by atomic mass is 10.1. The van der Waals surface area contributed by atoms with Crippen LogP contribution in [0.5, 0.6) is 5.75 Å². The molecule has 0 spiro atoms. The van der Waals surface area contributed by atoms with Crippen LogP contribution in [0.25, 0.3) is 10.1 Å². The highest BCUT2D eigenvalue weighted by molar-refractivity contribution is 7.17. The Balaban J connectivity index is 1.75. The second-order valence-electron chi connectivity index (χ2n) is 4.93. The van der Waals surface area contributed by atoms with E-state index in [1.807, 2.05) is 0 Å². The third-order valence-electron chi connectivity index (χ3n) is 3.80. The van der Waals surface area contributed by atoms with E-state index in [1.165, 1.54) is 28.7 Å². The van der Waals surface area contributed by atoms with Crippen LogP contribution in [-0.4, -0.2) is 44.7 Å². The average Bonchev–Trinajstić information content (AvgIpc) is 2.95. The molecule has 1 saturated heterocycles. The number of hydrogen-bond donors (Lipinski definition) is 1. The molecule has 0 bridgehead atoms. The Morgan fingerprint density at radius 1 is 1.26 bits per heavy atom. The van der Waals surface area contributed by atoms with Gasteiger partial charge in [0.05, 0.1) is 11.8 Å². The van der Waals surface area contributed by atoms with Gasteiger partial charge in [-0.1, -0.05) is 6.07 Å². The molecule has 1 aromatic carbocycles. The van der Waals surface area contributed by atoms with Crippen molar-refractivity contribution in [3.8, 4) is 5.75 Å². The van der Waals surface area contributed by atoms with Crippen LogP contribution in [0, 0.1) is 0 Å². The maximum atomic E-state index is 5.43. The highest BCUT2D eigenvalue weighted by Crippen LogP contribution is 2.33. The van der Waals surface area contributed by atoms with Gasteiger partial charge in [-0.3, -0.25) is 0 Å². The SMILES string of the molecule is COc1ccc(CCN2CCNCC2)c2ccsc12. The van der Waals surface area contributed by atoms with Gasteiger partial charge in [-0.05, 0) is 34.9 Å². The van der Waals surface area contributed by atoms with Crippen LogP contribution >= 0.6 is 11.3 Å². The van der Waals surface area contributed by atoms with Gasteiger partial charge in [0, 0.05) is 32.7 Å². The van der Waals surface area contributed by atoms with Crippen LogP contribution in [0.4, 0.5) is 0 Å². The fourth-order valence-electron chi connectivity index (χ4n) is 2.69. The fraction of sp³-hybridized carbons (Fsp3) is 0.467. The molecule has 3 rings (SSSR count). The molecule has 0 unspecified atom stereocenters. The maximum Gasteiger partial charge on any atom is 0.136 e. The first-order valence-corrected chi connectivity index (χ1v) is 7.72. The highest BCUT2D eigenvalue weighted by atomic mass is 32.1. The van der Waals surface area contributed by atoms with E-state index in [0.29, 0.717) is 0 Å². The van der Waals surface area contributed by atoms with E-state index in [4.69, 9.17) is 4.74 Å². The molecule has 2 aromatic rings. The van der Waals surface area contributed by atoms with Crippen molar-refractivity contribution in [2.75, 3.05) is 39.8 Å². The quantitative estimate of drug-likeness (QED) is 0.928. The Morgan fingerprint density at radius 2 is 2.11 bits per heavy atom. The molecule has 0 aliphatic carbocycles. The third kappa shape index (κ3) is 2.76. The van der Waals surface area contributed by atoms with Crippen molar-refractivity contribution >= 4 is 21.4 Å². The Hall–Kier alpha value is -1.10. The van der Waals surface area contributed by atoms with Crippen molar-refractivity contribution in [3.63, 3.8) is 0 Å². The number of rotatable bonds is 4. The van der Waals surface area contributed by atoms with Gasteiger partial charge in [-0.25, -0.2) is 0 Å². The molecule has 0 saturated carbocycles. The van der Waals surface area contributed by atoms with Crippen molar-refractivity contribution in [2.24, 2.45) is 0 Å². The summed E-state index contributed by atoms with van der Waals surface area (Å²) in [6.07, 6.45) is 1.12. The van der Waals surface area contributed by atoms with Crippen LogP contribution < -0.4 is 10.1 Å². The molecule has 0 amide bonds. The molecule has 0 atom stereocenters. The van der Waals surface area contributed by atoms with Gasteiger partial charge in [0.1, 0.15) is 5.75 Å². The van der Waals surface area contributed by atoms with Gasteiger partial charge in [0.15, 0.2) is 0 Å². The summed E-state index contributed by atoms with van der Waals surface area (Å²) < 4.78 is 6.71. The molecule has 4 heteroatoms. The summed E-state index contributed by atoms with van der Waals surface area (Å²) in [4.78, 5) is 2.54. The zero-order valence-electron chi connectivity index (χ0n) is 11.3. The molecular formula is C15H20N2OS. The monoisotopic (exact) mass is 276 g/mol. The molecule has 1 aliphatic heterocycles. The number of methoxy groups -OCH3 is 1. The number of nitrogens with one attached hydrogen (secondary N) is 1. The molecular weight excluding hydrogens is 256 g/mol. The summed E-state index contributed by atoms with van der Waals surface area (Å²) in [5, 5.41) is 6.91. The molecule has 2 heterocycles. The van der Waals surface area contributed by atoms with Crippen molar-refractivity contribution in [1.82, 2.24) is 10.2 Å². The zero-order valence-corrected chi connectivity index (χ0v) is 12.1. The van der Waals surface area contributed by atoms with Crippen molar-refractivity contribution in [1.29, 1.82) is 0 Å². The summed E-state index contributed by atoms with van der Waals surface area (Å²) in [7, 11) is 1.74. The molecule has 1 fully saturated rings. The highest BCUT2D eigenvalue weighted by Gasteiger charge is 2.11. The number of piperazine rings is 1. The van der Waals surface area contributed by atoms with Crippen LogP contribution in [0.1, 0.15) is 5.56 Å². The van der Waals surface area contributed by atoms with Gasteiger partial charge in [0.2, 0.25) is 0 Å². The van der Waals surface area contributed by atoms with Crippen LogP contribution in [0.2, 0.25) is 0 Å². The van der Waals surface area contributed by atoms with Gasteiger partial charge >= 0.3 is 0 Å². The van der Waals surface area contributed by atoms with Crippen molar-refractivity contribution in [3.05, 3.63) is 29.1 Å². The topological polar surface area (TPSA) is 24.5 Å². The first kappa shape index (κ1) is 12.9. The van der Waals surface area contributed by atoms with E-state index in [0.717, 1.165) is 31.8 Å². The van der Waals surface area contributed by atoms with Gasteiger partial charge in [0.25, 0.3) is 0 Å². The molecule has 3 nitrogen and oxygen atoms in total. The van der Waals surface area contributed by atoms with Gasteiger partial charge in [-0.2, -0.15) is 0 Å². The number of fused-ring (bicyclic) bond motifs is 1. The van der Waals surface area contributed by atoms with Gasteiger partial charge in [-0.15, -0.1) is 11.3 Å². The standard InChI is InChI=1S/C15H20N2OS/c1-18-14-3-2-12(13-5-11-19-15(13)14)4-8-17-9-6-16-7-10-17/h2-3,5,11,16H,4,6-10H2,1H3. The van der Waals surface area contributed by atoms with E-state index < -0.39 is 0 Å². The number of nitrogens with zero attached hydrogens (tertiary/aromatic N) is 1. The van der Waals surface area contributed by atoms with E-state index in [1.54, 1.807) is 18.4 Å². The normalized spacial score (nSPS) is 16.9. The predicted molar refractivity (Wildman–Crippen MR) is 81.4 cm³/mol. The number of ether oxygens (including phenoxy) is 1. The van der Waals surface area contributed by atoms with Crippen molar-refractivity contribution < 1.29 is 4.74 Å². The van der Waals surface area contributed by atoms with E-state index >= 15 is 0 Å². The second-order valence-corrected chi connectivity index (χ2v) is 5.85. The fourth-order valence-corrected chi connectivity index (χ4v) is 3.62. The van der Waals surface area contributed by atoms with Crippen LogP contribution in [0.15, 0.2) is 23.6 Å². The minimum Gasteiger partial charge on any atom is -0.495 e. The van der Waals surface area contributed by atoms with E-state index in [-0.39, 0.29) is 0 Å². The third-order valence-corrected chi connectivity index (χ3v) is 4.73. The molecule has 0 radical (unpaired) electrons. The lowest BCUT2D eigenvalue weighted by molar-refractivity contribution is 0.244. The van der Waals surface area contributed by atoms with E-state index in [9.17, 15) is 0 Å². The molecule has 1 aromatic heterocycles. The summed E-state index contributed by atoms with van der Waals surface area (Å²) in [5.74, 6) is 0.996. The van der Waals surface area contributed by atoms with Crippen molar-refractivity contribution in [2.45, 2.75) is 6.42 Å². The maximum absolute atomic E-state index is 5.43. The predicted octanol–water partition coefficient (Wildman–Crippen LogP) is 2.36. The Kier molecular flexibility index (Phi) is 4.01. The smallest absolute Gasteiger partial charge is 0.136 e. The average molecular weight is 276 g/mol. The summed E-state index contributed by atoms with van der Waals surface area (Å²) in [6, 6.07) is 6.54. The zero-order chi connectivity index (χ0) is 13.1. The summed E-state index contributed by atoms with van der Waals surface area (Å²) >= 11 is 1.77. The Bertz CT molecular complexity index is 546. The molecule has 102 valence electrons. The largest absolute Gasteiger partial charge is 0.495 e. The number of benzene rings is 1.